The van der Waals surface area contributed by atoms with E-state index in [9.17, 15) is 9.59 Å². The topological polar surface area (TPSA) is 63.4 Å². The molecule has 0 bridgehead atoms. The number of carbonyl (C=O) groups excluding carboxylic acids is 2. The van der Waals surface area contributed by atoms with Gasteiger partial charge in [-0.3, -0.25) is 14.5 Å². The van der Waals surface area contributed by atoms with Crippen molar-refractivity contribution in [2.75, 3.05) is 0 Å². The fourth-order valence-electron chi connectivity index (χ4n) is 2.30. The van der Waals surface area contributed by atoms with Gasteiger partial charge in [0, 0.05) is 0 Å². The van der Waals surface area contributed by atoms with Crippen LogP contribution in [0.5, 0.6) is 0 Å². The Balaban J connectivity index is 2.67. The molecule has 1 aromatic carbocycles. The lowest BCUT2D eigenvalue weighted by molar-refractivity contribution is 0.0562. The van der Waals surface area contributed by atoms with Crippen LogP contribution in [0.15, 0.2) is 12.1 Å². The van der Waals surface area contributed by atoms with Gasteiger partial charge >= 0.3 is 0 Å². The van der Waals surface area contributed by atoms with Gasteiger partial charge in [-0.1, -0.05) is 24.4 Å². The van der Waals surface area contributed by atoms with E-state index in [1.807, 2.05) is 26.0 Å². The first-order valence-electron chi connectivity index (χ1n) is 5.98. The maximum Gasteiger partial charge on any atom is 0.262 e. The largest absolute Gasteiger partial charge is 0.391 e. The molecule has 2 rings (SSSR count). The van der Waals surface area contributed by atoms with Gasteiger partial charge in [-0.05, 0) is 38.8 Å². The van der Waals surface area contributed by atoms with E-state index in [1.165, 1.54) is 4.90 Å². The molecule has 0 saturated carbocycles. The van der Waals surface area contributed by atoms with E-state index in [0.29, 0.717) is 11.1 Å². The number of amides is 2. The van der Waals surface area contributed by atoms with E-state index in [1.54, 1.807) is 13.8 Å². The molecule has 1 aromatic rings. The zero-order chi connectivity index (χ0) is 14.5. The molecule has 4 nitrogen and oxygen atoms in total. The number of fused-ring (bicyclic) bond motifs is 1. The number of carbonyl (C=O) groups is 2. The molecule has 0 spiro atoms. The van der Waals surface area contributed by atoms with Crippen LogP contribution in [0.4, 0.5) is 0 Å². The first-order valence-corrected chi connectivity index (χ1v) is 6.39. The molecule has 2 amide bonds. The van der Waals surface area contributed by atoms with Crippen molar-refractivity contribution in [3.63, 3.8) is 0 Å². The molecule has 2 N–H and O–H groups in total. The Morgan fingerprint density at radius 1 is 1.11 bits per heavy atom. The van der Waals surface area contributed by atoms with Crippen molar-refractivity contribution in [1.29, 1.82) is 0 Å². The third-order valence-corrected chi connectivity index (χ3v) is 4.12. The maximum absolute atomic E-state index is 12.5. The average molecular weight is 276 g/mol. The smallest absolute Gasteiger partial charge is 0.262 e. The number of thiocarbonyl (C=S) groups is 1. The van der Waals surface area contributed by atoms with Crippen LogP contribution in [0.25, 0.3) is 0 Å². The highest BCUT2D eigenvalue weighted by Crippen LogP contribution is 2.33. The summed E-state index contributed by atoms with van der Waals surface area (Å²) in [4.78, 5) is 26.3. The Bertz CT molecular complexity index is 579. The quantitative estimate of drug-likeness (QED) is 0.662. The molecule has 1 heterocycles. The molecule has 0 aliphatic carbocycles. The van der Waals surface area contributed by atoms with E-state index in [2.05, 4.69) is 0 Å². The van der Waals surface area contributed by atoms with Crippen LogP contribution in [-0.2, 0) is 0 Å². The molecule has 0 radical (unpaired) electrons. The molecule has 100 valence electrons. The van der Waals surface area contributed by atoms with Crippen molar-refractivity contribution >= 4 is 29.0 Å². The standard InChI is InChI=1S/C14H16N2O2S/c1-7-5-6-8(2)10-9(7)11(17)16(12(10)18)14(3,4)13(15)19/h5-6H,1-4H3,(H2,15,19). The molecule has 1 aliphatic heterocycles. The monoisotopic (exact) mass is 276 g/mol. The van der Waals surface area contributed by atoms with Crippen LogP contribution in [0.1, 0.15) is 45.7 Å². The van der Waals surface area contributed by atoms with E-state index in [0.717, 1.165) is 11.1 Å². The first kappa shape index (κ1) is 13.7. The van der Waals surface area contributed by atoms with Crippen molar-refractivity contribution in [2.24, 2.45) is 5.73 Å². The zero-order valence-electron chi connectivity index (χ0n) is 11.4. The SMILES string of the molecule is Cc1ccc(C)c2c1C(=O)N(C(C)(C)C(N)=S)C2=O. The first-order chi connectivity index (χ1) is 8.69. The highest BCUT2D eigenvalue weighted by Gasteiger charge is 2.46. The van der Waals surface area contributed by atoms with Gasteiger partial charge in [0.05, 0.1) is 21.7 Å². The van der Waals surface area contributed by atoms with Crippen LogP contribution in [0.3, 0.4) is 0 Å². The van der Waals surface area contributed by atoms with Gasteiger partial charge in [-0.15, -0.1) is 0 Å². The van der Waals surface area contributed by atoms with Crippen molar-refractivity contribution in [2.45, 2.75) is 33.2 Å². The van der Waals surface area contributed by atoms with Gasteiger partial charge in [0.25, 0.3) is 11.8 Å². The molecule has 0 saturated heterocycles. The molecule has 0 atom stereocenters. The summed E-state index contributed by atoms with van der Waals surface area (Å²) in [6.07, 6.45) is 0. The Hall–Kier alpha value is -1.75. The van der Waals surface area contributed by atoms with Gasteiger partial charge in [-0.2, -0.15) is 0 Å². The summed E-state index contributed by atoms with van der Waals surface area (Å²) in [6, 6.07) is 3.69. The van der Waals surface area contributed by atoms with Crippen LogP contribution in [0.2, 0.25) is 0 Å². The normalized spacial score (nSPS) is 14.8. The number of rotatable bonds is 2. The van der Waals surface area contributed by atoms with E-state index in [4.69, 9.17) is 18.0 Å². The van der Waals surface area contributed by atoms with Crippen molar-refractivity contribution < 1.29 is 9.59 Å². The Morgan fingerprint density at radius 2 is 1.47 bits per heavy atom. The lowest BCUT2D eigenvalue weighted by Gasteiger charge is -2.32. The number of hydrogen-bond donors (Lipinski definition) is 1. The highest BCUT2D eigenvalue weighted by atomic mass is 32.1. The second-order valence-corrected chi connectivity index (χ2v) is 5.76. The average Bonchev–Trinajstić information content (AvgIpc) is 2.57. The van der Waals surface area contributed by atoms with Gasteiger partial charge in [-0.25, -0.2) is 0 Å². The van der Waals surface area contributed by atoms with Gasteiger partial charge in [0.15, 0.2) is 0 Å². The van der Waals surface area contributed by atoms with Crippen molar-refractivity contribution in [1.82, 2.24) is 4.90 Å². The molecule has 19 heavy (non-hydrogen) atoms. The minimum absolute atomic E-state index is 0.123. The zero-order valence-corrected chi connectivity index (χ0v) is 12.2. The third kappa shape index (κ3) is 1.76. The number of nitrogens with two attached hydrogens (primary N) is 1. The molecular weight excluding hydrogens is 260 g/mol. The summed E-state index contributed by atoms with van der Waals surface area (Å²) in [6.45, 7) is 7.00. The maximum atomic E-state index is 12.5. The molecule has 0 aromatic heterocycles. The second-order valence-electron chi connectivity index (χ2n) is 5.32. The summed E-state index contributed by atoms with van der Waals surface area (Å²) in [5.74, 6) is -0.641. The molecule has 0 fully saturated rings. The van der Waals surface area contributed by atoms with E-state index in [-0.39, 0.29) is 16.8 Å². The fraction of sp³-hybridized carbons (Fsp3) is 0.357. The van der Waals surface area contributed by atoms with Gasteiger partial charge in [0.1, 0.15) is 0 Å². The summed E-state index contributed by atoms with van der Waals surface area (Å²) in [7, 11) is 0. The Morgan fingerprint density at radius 3 is 1.79 bits per heavy atom. The summed E-state index contributed by atoms with van der Waals surface area (Å²) in [5.41, 5.74) is 7.22. The molecular formula is C14H16N2O2S. The minimum Gasteiger partial charge on any atom is -0.391 e. The second kappa shape index (κ2) is 4.13. The summed E-state index contributed by atoms with van der Waals surface area (Å²) < 4.78 is 0. The van der Waals surface area contributed by atoms with E-state index >= 15 is 0 Å². The van der Waals surface area contributed by atoms with Crippen molar-refractivity contribution in [3.05, 3.63) is 34.4 Å². The van der Waals surface area contributed by atoms with Gasteiger partial charge in [0.2, 0.25) is 0 Å². The number of imide groups is 1. The Kier molecular flexibility index (Phi) is 2.97. The van der Waals surface area contributed by atoms with Crippen LogP contribution in [0, 0.1) is 13.8 Å². The third-order valence-electron chi connectivity index (χ3n) is 3.62. The highest BCUT2D eigenvalue weighted by molar-refractivity contribution is 7.80. The minimum atomic E-state index is -0.971. The van der Waals surface area contributed by atoms with Crippen LogP contribution < -0.4 is 5.73 Å². The number of nitrogens with zero attached hydrogens (tertiary/aromatic N) is 1. The fourth-order valence-corrected chi connectivity index (χ4v) is 2.39. The lowest BCUT2D eigenvalue weighted by atomic mass is 9.99. The number of benzene rings is 1. The predicted octanol–water partition coefficient (Wildman–Crippen LogP) is 1.96. The molecule has 5 heteroatoms. The van der Waals surface area contributed by atoms with E-state index < -0.39 is 5.54 Å². The van der Waals surface area contributed by atoms with Crippen LogP contribution >= 0.6 is 12.2 Å². The molecule has 0 unspecified atom stereocenters. The summed E-state index contributed by atoms with van der Waals surface area (Å²) >= 11 is 4.98. The van der Waals surface area contributed by atoms with Crippen LogP contribution in [-0.4, -0.2) is 27.2 Å². The van der Waals surface area contributed by atoms with Crippen molar-refractivity contribution in [3.8, 4) is 0 Å². The number of hydrogen-bond acceptors (Lipinski definition) is 3. The lowest BCUT2D eigenvalue weighted by Crippen LogP contribution is -2.55. The predicted molar refractivity (Wildman–Crippen MR) is 77.3 cm³/mol. The molecule has 1 aliphatic rings. The summed E-state index contributed by atoms with van der Waals surface area (Å²) in [5, 5.41) is 0. The van der Waals surface area contributed by atoms with Gasteiger partial charge < -0.3 is 5.73 Å². The number of aryl methyl sites for hydroxylation is 2. The Labute approximate surface area is 117 Å².